The zero-order valence-corrected chi connectivity index (χ0v) is 16.4. The summed E-state index contributed by atoms with van der Waals surface area (Å²) in [5.74, 6) is 1.84. The van der Waals surface area contributed by atoms with Crippen LogP contribution in [0.5, 0.6) is 11.5 Å². The summed E-state index contributed by atoms with van der Waals surface area (Å²) in [6.45, 7) is 1.80. The zero-order valence-electron chi connectivity index (χ0n) is 14.8. The summed E-state index contributed by atoms with van der Waals surface area (Å²) in [6, 6.07) is 14.6. The van der Waals surface area contributed by atoms with Crippen LogP contribution in [0.2, 0.25) is 0 Å². The number of aromatic nitrogens is 2. The Morgan fingerprint density at radius 3 is 2.48 bits per heavy atom. The van der Waals surface area contributed by atoms with Crippen LogP contribution in [0.3, 0.4) is 0 Å². The fourth-order valence-corrected chi connectivity index (χ4v) is 2.53. The topological polar surface area (TPSA) is 86.5 Å². The van der Waals surface area contributed by atoms with Crippen molar-refractivity contribution in [2.45, 2.75) is 19.6 Å². The number of rotatable bonds is 7. The average Bonchev–Trinajstić information content (AvgIpc) is 3.17. The van der Waals surface area contributed by atoms with E-state index < -0.39 is 6.10 Å². The second-order valence-corrected chi connectivity index (χ2v) is 6.59. The lowest BCUT2D eigenvalue weighted by Gasteiger charge is -2.13. The number of ether oxygens (including phenoxy) is 2. The summed E-state index contributed by atoms with van der Waals surface area (Å²) in [6.07, 6.45) is -0.657. The molecule has 8 heteroatoms. The molecular weight excluding hydrogens is 414 g/mol. The van der Waals surface area contributed by atoms with Gasteiger partial charge in [-0.3, -0.25) is 4.79 Å². The van der Waals surface area contributed by atoms with Crippen LogP contribution in [0.4, 0.5) is 0 Å². The number of nitrogens with zero attached hydrogens (tertiary/aromatic N) is 2. The Morgan fingerprint density at radius 2 is 1.81 bits per heavy atom. The molecule has 0 fully saturated rings. The molecule has 1 unspecified atom stereocenters. The van der Waals surface area contributed by atoms with Gasteiger partial charge in [0.1, 0.15) is 11.5 Å². The number of carbonyl (C=O) groups is 1. The maximum Gasteiger partial charge on any atom is 0.261 e. The molecule has 0 saturated heterocycles. The van der Waals surface area contributed by atoms with Gasteiger partial charge in [-0.2, -0.15) is 4.98 Å². The SMILES string of the molecule is COc1ccc(-c2noc(CNC(=O)C(C)Oc3ccc(Br)cc3)n2)cc1. The van der Waals surface area contributed by atoms with E-state index in [9.17, 15) is 4.79 Å². The predicted molar refractivity (Wildman–Crippen MR) is 102 cm³/mol. The van der Waals surface area contributed by atoms with Gasteiger partial charge in [-0.1, -0.05) is 21.1 Å². The van der Waals surface area contributed by atoms with Gasteiger partial charge in [-0.05, 0) is 55.5 Å². The lowest BCUT2D eigenvalue weighted by atomic mass is 10.2. The van der Waals surface area contributed by atoms with Gasteiger partial charge in [0.15, 0.2) is 6.10 Å². The Bertz CT molecular complexity index is 894. The quantitative estimate of drug-likeness (QED) is 0.614. The van der Waals surface area contributed by atoms with E-state index in [1.165, 1.54) is 0 Å². The van der Waals surface area contributed by atoms with E-state index in [4.69, 9.17) is 14.0 Å². The van der Waals surface area contributed by atoms with E-state index in [-0.39, 0.29) is 12.5 Å². The first-order valence-corrected chi connectivity index (χ1v) is 9.01. The number of halogens is 1. The van der Waals surface area contributed by atoms with Gasteiger partial charge in [-0.15, -0.1) is 0 Å². The van der Waals surface area contributed by atoms with Crippen LogP contribution in [-0.2, 0) is 11.3 Å². The number of methoxy groups -OCH3 is 1. The summed E-state index contributed by atoms with van der Waals surface area (Å²) in [7, 11) is 1.60. The zero-order chi connectivity index (χ0) is 19.2. The molecule has 0 bridgehead atoms. The third-order valence-electron chi connectivity index (χ3n) is 3.73. The Morgan fingerprint density at radius 1 is 1.15 bits per heavy atom. The van der Waals surface area contributed by atoms with Crippen molar-refractivity contribution in [2.75, 3.05) is 7.11 Å². The summed E-state index contributed by atoms with van der Waals surface area (Å²) in [4.78, 5) is 16.5. The van der Waals surface area contributed by atoms with Crippen LogP contribution in [-0.4, -0.2) is 29.3 Å². The molecular formula is C19H18BrN3O4. The molecule has 140 valence electrons. The van der Waals surface area contributed by atoms with Crippen LogP contribution < -0.4 is 14.8 Å². The third-order valence-corrected chi connectivity index (χ3v) is 4.25. The van der Waals surface area contributed by atoms with Crippen LogP contribution in [0.1, 0.15) is 12.8 Å². The standard InChI is InChI=1S/C19H18BrN3O4/c1-12(26-16-9-5-14(20)6-10-16)19(24)21-11-17-22-18(23-27-17)13-3-7-15(25-2)8-4-13/h3-10,12H,11H2,1-2H3,(H,21,24). The molecule has 0 aliphatic rings. The molecule has 0 saturated carbocycles. The summed E-state index contributed by atoms with van der Waals surface area (Å²) in [5, 5.41) is 6.65. The highest BCUT2D eigenvalue weighted by Gasteiger charge is 2.16. The van der Waals surface area contributed by atoms with Crippen LogP contribution in [0.25, 0.3) is 11.4 Å². The maximum absolute atomic E-state index is 12.2. The van der Waals surface area contributed by atoms with Crippen molar-refractivity contribution in [1.82, 2.24) is 15.5 Å². The molecule has 3 aromatic rings. The van der Waals surface area contributed by atoms with Gasteiger partial charge in [0.05, 0.1) is 13.7 Å². The smallest absolute Gasteiger partial charge is 0.261 e. The minimum absolute atomic E-state index is 0.121. The van der Waals surface area contributed by atoms with Crippen LogP contribution >= 0.6 is 15.9 Å². The average molecular weight is 432 g/mol. The van der Waals surface area contributed by atoms with E-state index in [1.54, 1.807) is 26.2 Å². The molecule has 27 heavy (non-hydrogen) atoms. The fraction of sp³-hybridized carbons (Fsp3) is 0.211. The highest BCUT2D eigenvalue weighted by molar-refractivity contribution is 9.10. The summed E-state index contributed by atoms with van der Waals surface area (Å²) >= 11 is 3.35. The molecule has 1 aromatic heterocycles. The van der Waals surface area contributed by atoms with Crippen molar-refractivity contribution in [3.63, 3.8) is 0 Å². The van der Waals surface area contributed by atoms with Gasteiger partial charge in [0, 0.05) is 10.0 Å². The number of benzene rings is 2. The Hall–Kier alpha value is -2.87. The van der Waals surface area contributed by atoms with Crippen molar-refractivity contribution in [2.24, 2.45) is 0 Å². The molecule has 2 aromatic carbocycles. The molecule has 1 heterocycles. The molecule has 1 amide bonds. The van der Waals surface area contributed by atoms with Gasteiger partial charge < -0.3 is 19.3 Å². The van der Waals surface area contributed by atoms with Crippen molar-refractivity contribution >= 4 is 21.8 Å². The highest BCUT2D eigenvalue weighted by atomic mass is 79.9. The molecule has 1 N–H and O–H groups in total. The summed E-state index contributed by atoms with van der Waals surface area (Å²) < 4.78 is 16.8. The molecule has 0 aliphatic heterocycles. The Kier molecular flexibility index (Phi) is 6.08. The molecule has 3 rings (SSSR count). The van der Waals surface area contributed by atoms with Crippen LogP contribution in [0, 0.1) is 0 Å². The lowest BCUT2D eigenvalue weighted by molar-refractivity contribution is -0.127. The molecule has 1 atom stereocenters. The molecule has 0 spiro atoms. The van der Waals surface area contributed by atoms with Gasteiger partial charge in [-0.25, -0.2) is 0 Å². The number of hydrogen-bond acceptors (Lipinski definition) is 6. The fourth-order valence-electron chi connectivity index (χ4n) is 2.26. The number of hydrogen-bond donors (Lipinski definition) is 1. The van der Waals surface area contributed by atoms with Crippen molar-refractivity contribution in [3.8, 4) is 22.9 Å². The van der Waals surface area contributed by atoms with E-state index in [2.05, 4.69) is 31.4 Å². The Labute approximate surface area is 164 Å². The number of amides is 1. The van der Waals surface area contributed by atoms with Gasteiger partial charge in [0.25, 0.3) is 5.91 Å². The summed E-state index contributed by atoms with van der Waals surface area (Å²) in [5.41, 5.74) is 0.795. The van der Waals surface area contributed by atoms with E-state index in [1.807, 2.05) is 36.4 Å². The molecule has 7 nitrogen and oxygen atoms in total. The highest BCUT2D eigenvalue weighted by Crippen LogP contribution is 2.20. The van der Waals surface area contributed by atoms with E-state index in [0.717, 1.165) is 15.8 Å². The first kappa shape index (κ1) is 18.9. The van der Waals surface area contributed by atoms with E-state index >= 15 is 0 Å². The maximum atomic E-state index is 12.2. The van der Waals surface area contributed by atoms with Gasteiger partial charge in [0.2, 0.25) is 11.7 Å². The van der Waals surface area contributed by atoms with Crippen LogP contribution in [0.15, 0.2) is 57.5 Å². The lowest BCUT2D eigenvalue weighted by Crippen LogP contribution is -2.35. The predicted octanol–water partition coefficient (Wildman–Crippen LogP) is 3.59. The first-order chi connectivity index (χ1) is 13.0. The second kappa shape index (κ2) is 8.68. The monoisotopic (exact) mass is 431 g/mol. The molecule has 0 radical (unpaired) electrons. The first-order valence-electron chi connectivity index (χ1n) is 8.22. The minimum atomic E-state index is -0.657. The van der Waals surface area contributed by atoms with Crippen molar-refractivity contribution < 1.29 is 18.8 Å². The Balaban J connectivity index is 1.54. The number of nitrogens with one attached hydrogen (secondary N) is 1. The third kappa shape index (κ3) is 5.07. The number of carbonyl (C=O) groups excluding carboxylic acids is 1. The van der Waals surface area contributed by atoms with E-state index in [0.29, 0.717) is 17.5 Å². The second-order valence-electron chi connectivity index (χ2n) is 5.67. The molecule has 0 aliphatic carbocycles. The van der Waals surface area contributed by atoms with Crippen molar-refractivity contribution in [1.29, 1.82) is 0 Å². The normalized spacial score (nSPS) is 11.7. The largest absolute Gasteiger partial charge is 0.497 e. The van der Waals surface area contributed by atoms with Gasteiger partial charge >= 0.3 is 0 Å². The minimum Gasteiger partial charge on any atom is -0.497 e. The van der Waals surface area contributed by atoms with Crippen molar-refractivity contribution in [3.05, 3.63) is 58.9 Å².